The van der Waals surface area contributed by atoms with E-state index in [9.17, 15) is 5.26 Å². The third-order valence-electron chi connectivity index (χ3n) is 16.3. The first kappa shape index (κ1) is 50.0. The van der Waals surface area contributed by atoms with Crippen LogP contribution in [0.5, 0.6) is 0 Å². The van der Waals surface area contributed by atoms with E-state index in [-0.39, 0.29) is 5.56 Å². The van der Waals surface area contributed by atoms with Crippen molar-refractivity contribution in [2.75, 3.05) is 0 Å². The molecular formula is C73H61F2N3. The summed E-state index contributed by atoms with van der Waals surface area (Å²) in [6.07, 6.45) is 0. The van der Waals surface area contributed by atoms with Gasteiger partial charge < -0.3 is 9.13 Å². The monoisotopic (exact) mass is 1020 g/mol. The normalized spacial score (nSPS) is 11.7. The van der Waals surface area contributed by atoms with Gasteiger partial charge in [0.05, 0.1) is 50.6 Å². The fraction of sp³-hybridized carbons (Fsp3) is 0.164. The molecule has 0 fully saturated rings. The minimum absolute atomic E-state index is 0.176. The number of nitrogens with zero attached hydrogens (tertiary/aromatic N) is 3. The third-order valence-corrected chi connectivity index (χ3v) is 16.3. The van der Waals surface area contributed by atoms with Crippen LogP contribution in [-0.4, -0.2) is 9.13 Å². The molecule has 5 heteroatoms. The highest BCUT2D eigenvalue weighted by molar-refractivity contribution is 6.14. The fourth-order valence-electron chi connectivity index (χ4n) is 13.7. The number of fused-ring (bicyclic) bond motifs is 6. The molecule has 0 unspecified atom stereocenters. The van der Waals surface area contributed by atoms with Gasteiger partial charge in [-0.25, -0.2) is 8.78 Å². The zero-order chi connectivity index (χ0) is 54.7. The van der Waals surface area contributed by atoms with E-state index in [2.05, 4.69) is 220 Å². The van der Waals surface area contributed by atoms with Crippen LogP contribution in [0.3, 0.4) is 0 Å². The van der Waals surface area contributed by atoms with Gasteiger partial charge >= 0.3 is 0 Å². The van der Waals surface area contributed by atoms with Crippen molar-refractivity contribution in [2.24, 2.45) is 0 Å². The van der Waals surface area contributed by atoms with Crippen molar-refractivity contribution in [3.63, 3.8) is 0 Å². The average molecular weight is 1020 g/mol. The van der Waals surface area contributed by atoms with Crippen molar-refractivity contribution in [2.45, 2.75) is 83.1 Å². The molecule has 0 aliphatic carbocycles. The molecule has 382 valence electrons. The standard InChI is InChI=1S/C73H61F2N3/c1-39-24-43(5)68(44(6)25-39)52-18-22-62-58(34-52)56-20-16-54(70-47(9)28-41(3)29-48(70)10)36-64(56)77(62)66-32-51(38-76)33-67(73(66)72-60(74)14-13-15-61(72)75)78-63-23-19-53(69-45(7)26-40(2)27-46(69)8)35-59(63)57-21-17-55(37-65(57)78)71-49(11)30-42(4)31-50(71)12/h13-37H,1-12H3. The Bertz CT molecular complexity index is 4240. The van der Waals surface area contributed by atoms with Crippen LogP contribution in [0.4, 0.5) is 8.78 Å². The van der Waals surface area contributed by atoms with Gasteiger partial charge in [-0.05, 0) is 233 Å². The van der Waals surface area contributed by atoms with Crippen molar-refractivity contribution in [1.29, 1.82) is 5.26 Å². The van der Waals surface area contributed by atoms with Crippen molar-refractivity contribution in [3.05, 3.63) is 236 Å². The first-order valence-corrected chi connectivity index (χ1v) is 26.9. The predicted octanol–water partition coefficient (Wildman–Crippen LogP) is 20.1. The van der Waals surface area contributed by atoms with Gasteiger partial charge in [-0.15, -0.1) is 0 Å². The lowest BCUT2D eigenvalue weighted by Crippen LogP contribution is -2.07. The molecule has 0 amide bonds. The molecule has 2 heterocycles. The highest BCUT2D eigenvalue weighted by Gasteiger charge is 2.28. The maximum atomic E-state index is 17.4. The van der Waals surface area contributed by atoms with Crippen molar-refractivity contribution < 1.29 is 8.78 Å². The topological polar surface area (TPSA) is 33.6 Å². The van der Waals surface area contributed by atoms with Gasteiger partial charge in [-0.2, -0.15) is 5.26 Å². The van der Waals surface area contributed by atoms with Gasteiger partial charge in [0, 0.05) is 27.1 Å². The molecule has 78 heavy (non-hydrogen) atoms. The first-order chi connectivity index (χ1) is 37.4. The van der Waals surface area contributed by atoms with Crippen molar-refractivity contribution in [3.8, 4) is 73.1 Å². The van der Waals surface area contributed by atoms with Gasteiger partial charge in [0.25, 0.3) is 0 Å². The summed E-state index contributed by atoms with van der Waals surface area (Å²) in [7, 11) is 0. The Morgan fingerprint density at radius 2 is 0.615 bits per heavy atom. The summed E-state index contributed by atoms with van der Waals surface area (Å²) in [5, 5.41) is 15.2. The molecule has 0 N–H and O–H groups in total. The number of halogens is 2. The summed E-state index contributed by atoms with van der Waals surface area (Å²) in [5.74, 6) is -1.41. The summed E-state index contributed by atoms with van der Waals surface area (Å²) in [6.45, 7) is 25.8. The lowest BCUT2D eigenvalue weighted by Gasteiger charge is -2.22. The maximum Gasteiger partial charge on any atom is 0.134 e. The van der Waals surface area contributed by atoms with Gasteiger partial charge in [-0.1, -0.05) is 113 Å². The smallest absolute Gasteiger partial charge is 0.134 e. The zero-order valence-corrected chi connectivity index (χ0v) is 46.5. The second-order valence-electron chi connectivity index (χ2n) is 22.3. The molecule has 3 nitrogen and oxygen atoms in total. The summed E-state index contributed by atoms with van der Waals surface area (Å²) in [6, 6.07) is 54.4. The number of aryl methyl sites for hydroxylation is 12. The van der Waals surface area contributed by atoms with Crippen molar-refractivity contribution >= 4 is 43.6 Å². The minimum atomic E-state index is -0.706. The summed E-state index contributed by atoms with van der Waals surface area (Å²) in [4.78, 5) is 0. The number of rotatable bonds is 7. The molecule has 0 saturated heterocycles. The number of hydrogen-bond acceptors (Lipinski definition) is 1. The van der Waals surface area contributed by atoms with Crippen LogP contribution in [0.15, 0.2) is 152 Å². The Morgan fingerprint density at radius 3 is 0.936 bits per heavy atom. The maximum absolute atomic E-state index is 17.4. The van der Waals surface area contributed by atoms with Crippen LogP contribution in [0, 0.1) is 106 Å². The van der Waals surface area contributed by atoms with E-state index in [1.54, 1.807) is 0 Å². The Kier molecular flexibility index (Phi) is 12.0. The van der Waals surface area contributed by atoms with Gasteiger partial charge in [0.2, 0.25) is 0 Å². The van der Waals surface area contributed by atoms with Gasteiger partial charge in [0.1, 0.15) is 11.6 Å². The van der Waals surface area contributed by atoms with E-state index in [4.69, 9.17) is 0 Å². The van der Waals surface area contributed by atoms with E-state index in [1.807, 2.05) is 12.1 Å². The number of nitriles is 1. The van der Waals surface area contributed by atoms with Crippen LogP contribution in [0.1, 0.15) is 72.3 Å². The predicted molar refractivity (Wildman–Crippen MR) is 324 cm³/mol. The largest absolute Gasteiger partial charge is 0.308 e. The Morgan fingerprint density at radius 1 is 0.308 bits per heavy atom. The third kappa shape index (κ3) is 8.04. The molecule has 0 aliphatic heterocycles. The minimum Gasteiger partial charge on any atom is -0.308 e. The van der Waals surface area contributed by atoms with Gasteiger partial charge in [0.15, 0.2) is 0 Å². The summed E-state index contributed by atoms with van der Waals surface area (Å²) >= 11 is 0. The molecule has 0 radical (unpaired) electrons. The lowest BCUT2D eigenvalue weighted by molar-refractivity contribution is 0.589. The molecule has 0 aliphatic rings. The number of benzene rings is 10. The second-order valence-corrected chi connectivity index (χ2v) is 22.3. The number of aromatic nitrogens is 2. The second kappa shape index (κ2) is 18.7. The molecule has 0 saturated carbocycles. The van der Waals surface area contributed by atoms with E-state index in [1.165, 1.54) is 73.8 Å². The Hall–Kier alpha value is -8.85. The van der Waals surface area contributed by atoms with Crippen LogP contribution in [-0.2, 0) is 0 Å². The van der Waals surface area contributed by atoms with Crippen molar-refractivity contribution in [1.82, 2.24) is 9.13 Å². The molecule has 12 rings (SSSR count). The number of hydrogen-bond donors (Lipinski definition) is 0. The first-order valence-electron chi connectivity index (χ1n) is 26.9. The van der Waals surface area contributed by atoms with Crippen LogP contribution in [0.2, 0.25) is 0 Å². The fourth-order valence-corrected chi connectivity index (χ4v) is 13.7. The van der Waals surface area contributed by atoms with Crippen LogP contribution in [0.25, 0.3) is 111 Å². The molecule has 12 aromatic rings. The van der Waals surface area contributed by atoms with E-state index in [0.717, 1.165) is 99.2 Å². The quantitative estimate of drug-likeness (QED) is 0.157. The summed E-state index contributed by atoms with van der Waals surface area (Å²) in [5.41, 5.74) is 27.8. The Labute approximate surface area is 456 Å². The molecule has 0 atom stereocenters. The van der Waals surface area contributed by atoms with Crippen LogP contribution < -0.4 is 0 Å². The average Bonchev–Trinajstić information content (AvgIpc) is 4.01. The molecular weight excluding hydrogens is 957 g/mol. The summed E-state index contributed by atoms with van der Waals surface area (Å²) < 4.78 is 39.1. The molecule has 2 aromatic heterocycles. The van der Waals surface area contributed by atoms with Gasteiger partial charge in [-0.3, -0.25) is 0 Å². The Balaban J connectivity index is 1.25. The van der Waals surface area contributed by atoms with E-state index < -0.39 is 11.6 Å². The molecule has 0 bridgehead atoms. The highest BCUT2D eigenvalue weighted by atomic mass is 19.1. The van der Waals surface area contributed by atoms with E-state index in [0.29, 0.717) is 22.5 Å². The lowest BCUT2D eigenvalue weighted by atomic mass is 9.92. The van der Waals surface area contributed by atoms with E-state index >= 15 is 8.78 Å². The highest BCUT2D eigenvalue weighted by Crippen LogP contribution is 2.47. The zero-order valence-electron chi connectivity index (χ0n) is 46.5. The molecule has 0 spiro atoms. The SMILES string of the molecule is Cc1cc(C)c(-c2ccc3c(c2)c2ccc(-c4c(C)cc(C)cc4C)cc2n3-c2cc(C#N)cc(-n3c4ccc(-c5c(C)cc(C)cc5C)cc4c4ccc(-c5c(C)cc(C)cc5C)cc43)c2-c2c(F)cccc2F)c(C)c1. The molecule has 10 aromatic carbocycles. The van der Waals surface area contributed by atoms with Crippen LogP contribution >= 0.6 is 0 Å².